The zero-order valence-electron chi connectivity index (χ0n) is 30.7. The van der Waals surface area contributed by atoms with Crippen LogP contribution in [-0.2, 0) is 11.8 Å². The fraction of sp³-hybridized carbons (Fsp3) is 0.0943. The molecule has 0 spiro atoms. The van der Waals surface area contributed by atoms with Crippen LogP contribution in [0.4, 0.5) is 17.1 Å². The van der Waals surface area contributed by atoms with Crippen molar-refractivity contribution in [2.75, 3.05) is 4.90 Å². The number of aromatic nitrogens is 1. The number of para-hydroxylation sites is 2. The Morgan fingerprint density at radius 1 is 0.491 bits per heavy atom. The number of benzene rings is 7. The normalized spacial score (nSPS) is 15.3. The van der Waals surface area contributed by atoms with E-state index in [1.54, 1.807) is 0 Å². The molecule has 3 aliphatic rings. The van der Waals surface area contributed by atoms with E-state index in [-0.39, 0.29) is 0 Å². The van der Waals surface area contributed by atoms with E-state index in [4.69, 9.17) is 0 Å². The van der Waals surface area contributed by atoms with Crippen molar-refractivity contribution in [3.63, 3.8) is 0 Å². The number of aryl methyl sites for hydroxylation is 1. The lowest BCUT2D eigenvalue weighted by atomic mass is 9.66. The Bertz CT molecular complexity index is 2820. The van der Waals surface area contributed by atoms with Crippen molar-refractivity contribution in [1.82, 2.24) is 4.57 Å². The summed E-state index contributed by atoms with van der Waals surface area (Å²) < 4.78 is 2.42. The largest absolute Gasteiger partial charge is 0.310 e. The van der Waals surface area contributed by atoms with Gasteiger partial charge in [-0.25, -0.2) is 0 Å². The van der Waals surface area contributed by atoms with Gasteiger partial charge in [0.25, 0.3) is 0 Å². The Kier molecular flexibility index (Phi) is 7.38. The summed E-state index contributed by atoms with van der Waals surface area (Å²) in [5.74, 6) is 0. The summed E-state index contributed by atoms with van der Waals surface area (Å²) in [4.78, 5) is 2.50. The summed E-state index contributed by atoms with van der Waals surface area (Å²) in [7, 11) is 0. The minimum atomic E-state index is -0.434. The van der Waals surface area contributed by atoms with E-state index in [2.05, 4.69) is 204 Å². The SMILES string of the molecule is C1=CC2=C(CC1)c1ccc(N(c3ccc4c(c3)CCC=C4)c3ccc4c5ccccc5n(-c5ccccc5)c4c3)cc1C2(c1ccccc1)c1ccccc1. The van der Waals surface area contributed by atoms with Crippen molar-refractivity contribution < 1.29 is 0 Å². The molecule has 0 radical (unpaired) electrons. The van der Waals surface area contributed by atoms with Gasteiger partial charge in [-0.15, -0.1) is 0 Å². The molecule has 8 aromatic rings. The molecule has 7 aromatic carbocycles. The average molecular weight is 705 g/mol. The number of nitrogens with zero attached hydrogens (tertiary/aromatic N) is 2. The summed E-state index contributed by atoms with van der Waals surface area (Å²) in [6.45, 7) is 0. The third-order valence-corrected chi connectivity index (χ3v) is 12.2. The fourth-order valence-corrected chi connectivity index (χ4v) is 9.81. The molecule has 262 valence electrons. The van der Waals surface area contributed by atoms with E-state index in [1.165, 1.54) is 72.0 Å². The lowest BCUT2D eigenvalue weighted by Gasteiger charge is -2.36. The van der Waals surface area contributed by atoms with Gasteiger partial charge in [0, 0.05) is 33.5 Å². The molecule has 0 bridgehead atoms. The highest BCUT2D eigenvalue weighted by atomic mass is 15.1. The maximum absolute atomic E-state index is 2.51. The van der Waals surface area contributed by atoms with E-state index < -0.39 is 5.41 Å². The van der Waals surface area contributed by atoms with Crippen LogP contribution < -0.4 is 4.90 Å². The molecule has 0 aliphatic heterocycles. The summed E-state index contributed by atoms with van der Waals surface area (Å²) in [6.07, 6.45) is 13.6. The second kappa shape index (κ2) is 12.7. The topological polar surface area (TPSA) is 8.17 Å². The van der Waals surface area contributed by atoms with E-state index in [0.717, 1.165) is 42.7 Å². The van der Waals surface area contributed by atoms with Crippen molar-refractivity contribution in [2.45, 2.75) is 31.1 Å². The van der Waals surface area contributed by atoms with E-state index in [9.17, 15) is 0 Å². The third kappa shape index (κ3) is 4.88. The predicted molar refractivity (Wildman–Crippen MR) is 231 cm³/mol. The number of hydrogen-bond donors (Lipinski definition) is 0. The zero-order valence-corrected chi connectivity index (χ0v) is 30.7. The van der Waals surface area contributed by atoms with Gasteiger partial charge in [0.15, 0.2) is 0 Å². The molecule has 3 aliphatic carbocycles. The molecule has 1 aromatic heterocycles. The quantitative estimate of drug-likeness (QED) is 0.167. The van der Waals surface area contributed by atoms with Crippen LogP contribution in [0.3, 0.4) is 0 Å². The lowest BCUT2D eigenvalue weighted by Crippen LogP contribution is -2.29. The van der Waals surface area contributed by atoms with Crippen LogP contribution in [-0.4, -0.2) is 4.57 Å². The highest BCUT2D eigenvalue weighted by Crippen LogP contribution is 2.58. The Balaban J connectivity index is 1.19. The summed E-state index contributed by atoms with van der Waals surface area (Å²) in [6, 6.07) is 63.3. The smallest absolute Gasteiger partial charge is 0.0710 e. The van der Waals surface area contributed by atoms with E-state index in [1.807, 2.05) is 0 Å². The number of fused-ring (bicyclic) bond motifs is 6. The lowest BCUT2D eigenvalue weighted by molar-refractivity contribution is 0.756. The molecule has 11 rings (SSSR count). The van der Waals surface area contributed by atoms with E-state index >= 15 is 0 Å². The Hall–Kier alpha value is -6.64. The zero-order chi connectivity index (χ0) is 36.3. The van der Waals surface area contributed by atoms with Crippen molar-refractivity contribution in [3.05, 3.63) is 227 Å². The van der Waals surface area contributed by atoms with Crippen LogP contribution in [0, 0.1) is 0 Å². The van der Waals surface area contributed by atoms with Crippen LogP contribution in [0.25, 0.3) is 39.1 Å². The first-order valence-electron chi connectivity index (χ1n) is 19.6. The number of anilines is 3. The number of hydrogen-bond acceptors (Lipinski definition) is 1. The van der Waals surface area contributed by atoms with Crippen molar-refractivity contribution in [2.24, 2.45) is 0 Å². The van der Waals surface area contributed by atoms with Gasteiger partial charge in [-0.05, 0) is 125 Å². The monoisotopic (exact) mass is 704 g/mol. The molecule has 0 unspecified atom stereocenters. The first-order chi connectivity index (χ1) is 27.3. The van der Waals surface area contributed by atoms with Crippen molar-refractivity contribution >= 4 is 50.5 Å². The van der Waals surface area contributed by atoms with Gasteiger partial charge in [-0.2, -0.15) is 0 Å². The molecular weight excluding hydrogens is 665 g/mol. The summed E-state index contributed by atoms with van der Waals surface area (Å²) in [5, 5.41) is 2.52. The van der Waals surface area contributed by atoms with Crippen molar-refractivity contribution in [1.29, 1.82) is 0 Å². The minimum Gasteiger partial charge on any atom is -0.310 e. The van der Waals surface area contributed by atoms with Gasteiger partial charge < -0.3 is 9.47 Å². The molecule has 0 atom stereocenters. The molecule has 55 heavy (non-hydrogen) atoms. The Morgan fingerprint density at radius 2 is 1.11 bits per heavy atom. The van der Waals surface area contributed by atoms with Gasteiger partial charge >= 0.3 is 0 Å². The second-order valence-electron chi connectivity index (χ2n) is 15.1. The molecule has 0 fully saturated rings. The van der Waals surface area contributed by atoms with Crippen LogP contribution in [0.1, 0.15) is 52.6 Å². The van der Waals surface area contributed by atoms with Gasteiger partial charge in [0.1, 0.15) is 0 Å². The predicted octanol–water partition coefficient (Wildman–Crippen LogP) is 13.7. The molecule has 0 saturated carbocycles. The molecular formula is C53H40N2. The molecule has 0 N–H and O–H groups in total. The van der Waals surface area contributed by atoms with Crippen LogP contribution >= 0.6 is 0 Å². The van der Waals surface area contributed by atoms with Gasteiger partial charge in [0.05, 0.1) is 16.4 Å². The molecule has 2 heteroatoms. The minimum absolute atomic E-state index is 0.434. The molecule has 0 amide bonds. The highest BCUT2D eigenvalue weighted by molar-refractivity contribution is 6.10. The van der Waals surface area contributed by atoms with Gasteiger partial charge in [0.2, 0.25) is 0 Å². The third-order valence-electron chi connectivity index (χ3n) is 12.2. The number of rotatable bonds is 6. The highest BCUT2D eigenvalue weighted by Gasteiger charge is 2.47. The molecule has 2 nitrogen and oxygen atoms in total. The standard InChI is InChI=1S/C53H40N2/c1-4-18-39(19-5-1)53(40-20-6-2-7-21-40)49-26-14-12-24-45(49)46-32-30-43(35-50(46)53)54(42-29-28-37-16-10-11-17-38(37)34-42)44-31-33-48-47-25-13-15-27-51(47)55(52(48)36-44)41-22-8-3-9-23-41/h1-10,13-16,18-23,25-36H,11-12,17,24H2. The summed E-state index contributed by atoms with van der Waals surface area (Å²) >= 11 is 0. The fourth-order valence-electron chi connectivity index (χ4n) is 9.81. The van der Waals surface area contributed by atoms with Gasteiger partial charge in [-0.3, -0.25) is 0 Å². The summed E-state index contributed by atoms with van der Waals surface area (Å²) in [5.41, 5.74) is 17.5. The average Bonchev–Trinajstić information content (AvgIpc) is 3.75. The molecule has 0 saturated heterocycles. The first kappa shape index (κ1) is 31.8. The Morgan fingerprint density at radius 3 is 1.91 bits per heavy atom. The first-order valence-corrected chi connectivity index (χ1v) is 19.6. The molecule has 1 heterocycles. The van der Waals surface area contributed by atoms with Crippen LogP contribution in [0.15, 0.2) is 194 Å². The maximum Gasteiger partial charge on any atom is 0.0710 e. The Labute approximate surface area is 322 Å². The van der Waals surface area contributed by atoms with E-state index in [0.29, 0.717) is 0 Å². The number of allylic oxidation sites excluding steroid dienone is 5. The van der Waals surface area contributed by atoms with Crippen molar-refractivity contribution in [3.8, 4) is 5.69 Å². The van der Waals surface area contributed by atoms with Crippen LogP contribution in [0.2, 0.25) is 0 Å². The maximum atomic E-state index is 2.51. The van der Waals surface area contributed by atoms with Crippen LogP contribution in [0.5, 0.6) is 0 Å². The second-order valence-corrected chi connectivity index (χ2v) is 15.1. The van der Waals surface area contributed by atoms with Gasteiger partial charge in [-0.1, -0.05) is 140 Å².